The predicted octanol–water partition coefficient (Wildman–Crippen LogP) is 4.52. The van der Waals surface area contributed by atoms with Crippen LogP contribution in [0.15, 0.2) is 36.5 Å². The number of pyridine rings is 1. The van der Waals surface area contributed by atoms with Crippen molar-refractivity contribution < 1.29 is 9.53 Å². The van der Waals surface area contributed by atoms with Gasteiger partial charge in [-0.1, -0.05) is 38.2 Å². The second-order valence-electron chi connectivity index (χ2n) is 8.05. The summed E-state index contributed by atoms with van der Waals surface area (Å²) in [4.78, 5) is 15.3. The molecule has 5 nitrogen and oxygen atoms in total. The van der Waals surface area contributed by atoms with E-state index in [0.717, 1.165) is 31.1 Å². The number of benzene rings is 1. The minimum absolute atomic E-state index is 0.378. The topological polar surface area (TPSA) is 77.2 Å². The van der Waals surface area contributed by atoms with Crippen LogP contribution in [0.2, 0.25) is 0 Å². The minimum Gasteiger partial charge on any atom is -0.439 e. The summed E-state index contributed by atoms with van der Waals surface area (Å²) in [6.45, 7) is 1.11. The molecule has 0 spiro atoms. The molecule has 2 aromatic rings. The molecule has 148 valence electrons. The molecule has 0 bridgehead atoms. The lowest BCUT2D eigenvalue weighted by atomic mass is 9.87. The SMILES string of the molecule is NC(=O)c1ccc(Oc2ccc3c(c2)CCC3NCCC2CCCCC2)nc1. The number of carbonyl (C=O) groups excluding carboxylic acids is 1. The van der Waals surface area contributed by atoms with Crippen LogP contribution in [-0.2, 0) is 6.42 Å². The lowest BCUT2D eigenvalue weighted by Crippen LogP contribution is -2.23. The van der Waals surface area contributed by atoms with Gasteiger partial charge < -0.3 is 15.8 Å². The van der Waals surface area contributed by atoms with Crippen molar-refractivity contribution >= 4 is 5.91 Å². The molecule has 3 N–H and O–H groups in total. The zero-order valence-corrected chi connectivity index (χ0v) is 16.3. The maximum Gasteiger partial charge on any atom is 0.250 e. The fourth-order valence-electron chi connectivity index (χ4n) is 4.51. The minimum atomic E-state index is -0.487. The fraction of sp³-hybridized carbons (Fsp3) is 0.478. The highest BCUT2D eigenvalue weighted by molar-refractivity contribution is 5.92. The van der Waals surface area contributed by atoms with Crippen molar-refractivity contribution in [1.29, 1.82) is 0 Å². The molecule has 1 saturated carbocycles. The number of amides is 1. The molecule has 1 aromatic heterocycles. The van der Waals surface area contributed by atoms with Crippen LogP contribution in [0, 0.1) is 5.92 Å². The Kier molecular flexibility index (Phi) is 5.91. The molecule has 0 radical (unpaired) electrons. The number of ether oxygens (including phenoxy) is 1. The summed E-state index contributed by atoms with van der Waals surface area (Å²) in [6.07, 6.45) is 12.1. The first kappa shape index (κ1) is 18.9. The number of carbonyl (C=O) groups is 1. The Balaban J connectivity index is 1.33. The Bertz CT molecular complexity index is 813. The number of nitrogens with two attached hydrogens (primary N) is 1. The quantitative estimate of drug-likeness (QED) is 0.741. The Morgan fingerprint density at radius 3 is 2.75 bits per heavy atom. The van der Waals surface area contributed by atoms with Gasteiger partial charge in [-0.05, 0) is 61.1 Å². The summed E-state index contributed by atoms with van der Waals surface area (Å²) in [7, 11) is 0. The smallest absolute Gasteiger partial charge is 0.250 e. The lowest BCUT2D eigenvalue weighted by Gasteiger charge is -2.22. The summed E-state index contributed by atoms with van der Waals surface area (Å²) in [5.74, 6) is 1.68. The normalized spacial score (nSPS) is 19.4. The van der Waals surface area contributed by atoms with E-state index in [1.54, 1.807) is 12.1 Å². The highest BCUT2D eigenvalue weighted by Crippen LogP contribution is 2.35. The zero-order chi connectivity index (χ0) is 19.3. The molecule has 28 heavy (non-hydrogen) atoms. The summed E-state index contributed by atoms with van der Waals surface area (Å²) >= 11 is 0. The standard InChI is InChI=1S/C23H29N3O2/c24-23(27)18-7-11-22(26-15-18)28-19-8-9-20-17(14-19)6-10-21(20)25-13-12-16-4-2-1-3-5-16/h7-9,11,14-16,21,25H,1-6,10,12-13H2,(H2,24,27). The van der Waals surface area contributed by atoms with Gasteiger partial charge in [0, 0.05) is 18.3 Å². The van der Waals surface area contributed by atoms with Gasteiger partial charge in [-0.2, -0.15) is 0 Å². The fourth-order valence-corrected chi connectivity index (χ4v) is 4.51. The molecule has 0 saturated heterocycles. The molecule has 1 fully saturated rings. The maximum absolute atomic E-state index is 11.1. The average molecular weight is 380 g/mol. The predicted molar refractivity (Wildman–Crippen MR) is 110 cm³/mol. The molecule has 5 heteroatoms. The summed E-state index contributed by atoms with van der Waals surface area (Å²) < 4.78 is 5.85. The molecule has 0 aliphatic heterocycles. The van der Waals surface area contributed by atoms with Gasteiger partial charge in [0.05, 0.1) is 5.56 Å². The first-order valence-electron chi connectivity index (χ1n) is 10.5. The number of aromatic nitrogens is 1. The number of nitrogens with one attached hydrogen (secondary N) is 1. The maximum atomic E-state index is 11.1. The number of hydrogen-bond donors (Lipinski definition) is 2. The van der Waals surface area contributed by atoms with Crippen molar-refractivity contribution in [3.63, 3.8) is 0 Å². The summed E-state index contributed by atoms with van der Waals surface area (Å²) in [5, 5.41) is 3.77. The first-order chi connectivity index (χ1) is 13.7. The number of hydrogen-bond acceptors (Lipinski definition) is 4. The van der Waals surface area contributed by atoms with E-state index < -0.39 is 5.91 Å². The molecule has 2 aliphatic rings. The van der Waals surface area contributed by atoms with Crippen LogP contribution in [-0.4, -0.2) is 17.4 Å². The first-order valence-corrected chi connectivity index (χ1v) is 10.5. The van der Waals surface area contributed by atoms with Crippen LogP contribution >= 0.6 is 0 Å². The van der Waals surface area contributed by atoms with Crippen LogP contribution < -0.4 is 15.8 Å². The van der Waals surface area contributed by atoms with Crippen molar-refractivity contribution in [3.05, 3.63) is 53.2 Å². The lowest BCUT2D eigenvalue weighted by molar-refractivity contribution is 0.1000. The van der Waals surface area contributed by atoms with E-state index in [2.05, 4.69) is 22.4 Å². The molecular weight excluding hydrogens is 350 g/mol. The van der Waals surface area contributed by atoms with E-state index in [0.29, 0.717) is 17.5 Å². The van der Waals surface area contributed by atoms with Gasteiger partial charge in [0.15, 0.2) is 0 Å². The Morgan fingerprint density at radius 1 is 1.14 bits per heavy atom. The Morgan fingerprint density at radius 2 is 2.00 bits per heavy atom. The van der Waals surface area contributed by atoms with E-state index in [9.17, 15) is 4.79 Å². The number of nitrogens with zero attached hydrogens (tertiary/aromatic N) is 1. The van der Waals surface area contributed by atoms with E-state index in [1.165, 1.54) is 55.8 Å². The average Bonchev–Trinajstić information content (AvgIpc) is 3.11. The van der Waals surface area contributed by atoms with Gasteiger partial charge >= 0.3 is 0 Å². The Labute approximate surface area is 166 Å². The van der Waals surface area contributed by atoms with Crippen LogP contribution in [0.4, 0.5) is 0 Å². The molecule has 1 heterocycles. The number of rotatable bonds is 7. The molecule has 1 unspecified atom stereocenters. The molecule has 4 rings (SSSR count). The van der Waals surface area contributed by atoms with Crippen LogP contribution in [0.25, 0.3) is 0 Å². The van der Waals surface area contributed by atoms with Crippen molar-refractivity contribution in [2.45, 2.75) is 57.4 Å². The second-order valence-corrected chi connectivity index (χ2v) is 8.05. The zero-order valence-electron chi connectivity index (χ0n) is 16.3. The van der Waals surface area contributed by atoms with Gasteiger partial charge in [0.25, 0.3) is 0 Å². The van der Waals surface area contributed by atoms with Crippen LogP contribution in [0.5, 0.6) is 11.6 Å². The monoisotopic (exact) mass is 379 g/mol. The van der Waals surface area contributed by atoms with Gasteiger partial charge in [-0.25, -0.2) is 4.98 Å². The highest BCUT2D eigenvalue weighted by Gasteiger charge is 2.23. The third-order valence-electron chi connectivity index (χ3n) is 6.10. The number of fused-ring (bicyclic) bond motifs is 1. The molecule has 2 aliphatic carbocycles. The van der Waals surface area contributed by atoms with Crippen LogP contribution in [0.3, 0.4) is 0 Å². The van der Waals surface area contributed by atoms with Crippen LogP contribution in [0.1, 0.15) is 72.5 Å². The van der Waals surface area contributed by atoms with Gasteiger partial charge in [0.1, 0.15) is 5.75 Å². The number of primary amides is 1. The van der Waals surface area contributed by atoms with Gasteiger partial charge in [-0.3, -0.25) is 4.79 Å². The second kappa shape index (κ2) is 8.74. The van der Waals surface area contributed by atoms with Crippen molar-refractivity contribution in [2.24, 2.45) is 11.7 Å². The van der Waals surface area contributed by atoms with Crippen molar-refractivity contribution in [1.82, 2.24) is 10.3 Å². The van der Waals surface area contributed by atoms with E-state index in [4.69, 9.17) is 10.5 Å². The molecule has 1 aromatic carbocycles. The van der Waals surface area contributed by atoms with Crippen molar-refractivity contribution in [3.8, 4) is 11.6 Å². The summed E-state index contributed by atoms with van der Waals surface area (Å²) in [6, 6.07) is 10.0. The van der Waals surface area contributed by atoms with Gasteiger partial charge in [-0.15, -0.1) is 0 Å². The Hall–Kier alpha value is -2.40. The van der Waals surface area contributed by atoms with E-state index in [1.807, 2.05) is 6.07 Å². The molecule has 1 atom stereocenters. The molecular formula is C23H29N3O2. The highest BCUT2D eigenvalue weighted by atomic mass is 16.5. The van der Waals surface area contributed by atoms with Gasteiger partial charge in [0.2, 0.25) is 11.8 Å². The third-order valence-corrected chi connectivity index (χ3v) is 6.10. The number of aryl methyl sites for hydroxylation is 1. The third kappa shape index (κ3) is 4.53. The van der Waals surface area contributed by atoms with Crippen molar-refractivity contribution in [2.75, 3.05) is 6.54 Å². The summed E-state index contributed by atoms with van der Waals surface area (Å²) in [5.41, 5.74) is 8.37. The van der Waals surface area contributed by atoms with E-state index >= 15 is 0 Å². The molecule has 1 amide bonds. The van der Waals surface area contributed by atoms with E-state index in [-0.39, 0.29) is 0 Å². The largest absolute Gasteiger partial charge is 0.439 e.